The quantitative estimate of drug-likeness (QED) is 0.614. The molecular formula is C17H18F7N5O. The van der Waals surface area contributed by atoms with E-state index in [1.807, 2.05) is 0 Å². The molecule has 1 saturated carbocycles. The molecule has 30 heavy (non-hydrogen) atoms. The van der Waals surface area contributed by atoms with Gasteiger partial charge in [0.15, 0.2) is 0 Å². The SMILES string of the molecule is NC1=NC2(CCCCC2)N(c2ccc(C(O)(C(F)(F)F)C(F)(F)F)cc2F)C(N)=N1. The predicted molar refractivity (Wildman–Crippen MR) is 93.9 cm³/mol. The van der Waals surface area contributed by atoms with Crippen LogP contribution in [0.25, 0.3) is 0 Å². The zero-order valence-corrected chi connectivity index (χ0v) is 15.4. The van der Waals surface area contributed by atoms with Crippen LogP contribution in [0.1, 0.15) is 37.7 Å². The number of benzene rings is 1. The molecule has 13 heteroatoms. The van der Waals surface area contributed by atoms with Crippen molar-refractivity contribution in [2.75, 3.05) is 4.90 Å². The first-order valence-electron chi connectivity index (χ1n) is 8.88. The first-order valence-corrected chi connectivity index (χ1v) is 8.88. The molecule has 0 bridgehead atoms. The van der Waals surface area contributed by atoms with Gasteiger partial charge in [-0.2, -0.15) is 31.3 Å². The van der Waals surface area contributed by atoms with Crippen molar-refractivity contribution in [2.24, 2.45) is 21.5 Å². The minimum absolute atomic E-state index is 0.0121. The van der Waals surface area contributed by atoms with E-state index >= 15 is 0 Å². The number of nitrogens with zero attached hydrogens (tertiary/aromatic N) is 3. The molecule has 1 aromatic rings. The second-order valence-corrected chi connectivity index (χ2v) is 7.19. The minimum Gasteiger partial charge on any atom is -0.369 e. The Kier molecular flexibility index (Phi) is 5.16. The van der Waals surface area contributed by atoms with Gasteiger partial charge >= 0.3 is 12.4 Å². The lowest BCUT2D eigenvalue weighted by Crippen LogP contribution is -2.58. The van der Waals surface area contributed by atoms with Gasteiger partial charge in [-0.15, -0.1) is 0 Å². The van der Waals surface area contributed by atoms with Gasteiger partial charge in [0.2, 0.25) is 11.9 Å². The fourth-order valence-corrected chi connectivity index (χ4v) is 3.87. The number of halogens is 7. The molecule has 2 aliphatic rings. The van der Waals surface area contributed by atoms with Crippen LogP contribution in [0.15, 0.2) is 28.2 Å². The highest BCUT2D eigenvalue weighted by Crippen LogP contribution is 2.51. The van der Waals surface area contributed by atoms with Gasteiger partial charge in [0.05, 0.1) is 5.69 Å². The van der Waals surface area contributed by atoms with Gasteiger partial charge in [0, 0.05) is 5.56 Å². The highest BCUT2D eigenvalue weighted by atomic mass is 19.4. The van der Waals surface area contributed by atoms with E-state index in [2.05, 4.69) is 9.98 Å². The number of nitrogens with two attached hydrogens (primary N) is 2. The first kappa shape index (κ1) is 22.1. The standard InChI is InChI=1S/C17H18F7N5O/c18-10-8-9(15(30,16(19,20)21)17(22,23)24)4-5-11(10)29-13(26)27-12(25)28-14(29)6-2-1-3-7-14/h4-5,8,30H,1-3,6-7H2,(H4,25,26,27,28). The molecule has 0 amide bonds. The molecule has 1 fully saturated rings. The smallest absolute Gasteiger partial charge is 0.369 e. The molecule has 0 saturated heterocycles. The highest BCUT2D eigenvalue weighted by molar-refractivity contribution is 6.05. The molecule has 0 aromatic heterocycles. The molecular weight excluding hydrogens is 423 g/mol. The van der Waals surface area contributed by atoms with Crippen LogP contribution in [0.2, 0.25) is 0 Å². The molecule has 166 valence electrons. The molecule has 1 spiro atoms. The number of aliphatic hydroxyl groups is 1. The molecule has 1 aliphatic carbocycles. The third-order valence-corrected chi connectivity index (χ3v) is 5.28. The van der Waals surface area contributed by atoms with E-state index in [4.69, 9.17) is 11.5 Å². The van der Waals surface area contributed by atoms with Gasteiger partial charge < -0.3 is 16.6 Å². The Morgan fingerprint density at radius 2 is 1.53 bits per heavy atom. The lowest BCUT2D eigenvalue weighted by atomic mass is 9.86. The van der Waals surface area contributed by atoms with E-state index in [0.29, 0.717) is 37.8 Å². The van der Waals surface area contributed by atoms with Crippen LogP contribution in [0.3, 0.4) is 0 Å². The number of hydrogen-bond donors (Lipinski definition) is 3. The summed E-state index contributed by atoms with van der Waals surface area (Å²) in [6, 6.07) is 1.02. The van der Waals surface area contributed by atoms with E-state index < -0.39 is 40.7 Å². The van der Waals surface area contributed by atoms with Gasteiger partial charge in [-0.3, -0.25) is 4.90 Å². The van der Waals surface area contributed by atoms with E-state index in [1.165, 1.54) is 0 Å². The van der Waals surface area contributed by atoms with E-state index in [0.717, 1.165) is 11.3 Å². The monoisotopic (exact) mass is 441 g/mol. The Bertz CT molecular complexity index is 873. The lowest BCUT2D eigenvalue weighted by molar-refractivity contribution is -0.376. The summed E-state index contributed by atoms with van der Waals surface area (Å²) in [4.78, 5) is 9.13. The molecule has 1 aliphatic heterocycles. The van der Waals surface area contributed by atoms with Crippen molar-refractivity contribution >= 4 is 17.6 Å². The summed E-state index contributed by atoms with van der Waals surface area (Å²) in [7, 11) is 0. The molecule has 3 rings (SSSR count). The number of guanidine groups is 2. The van der Waals surface area contributed by atoms with Gasteiger partial charge in [0.25, 0.3) is 5.60 Å². The normalized spacial score (nSPS) is 20.2. The second-order valence-electron chi connectivity index (χ2n) is 7.19. The largest absolute Gasteiger partial charge is 0.430 e. The summed E-state index contributed by atoms with van der Waals surface area (Å²) in [5, 5.41) is 9.49. The summed E-state index contributed by atoms with van der Waals surface area (Å²) in [5.41, 5.74) is 3.01. The number of anilines is 1. The summed E-state index contributed by atoms with van der Waals surface area (Å²) >= 11 is 0. The Morgan fingerprint density at radius 1 is 0.967 bits per heavy atom. The second kappa shape index (κ2) is 7.00. The van der Waals surface area contributed by atoms with Crippen molar-refractivity contribution in [3.05, 3.63) is 29.6 Å². The van der Waals surface area contributed by atoms with Crippen molar-refractivity contribution < 1.29 is 35.8 Å². The van der Waals surface area contributed by atoms with Crippen molar-refractivity contribution in [2.45, 2.75) is 55.7 Å². The van der Waals surface area contributed by atoms with Crippen molar-refractivity contribution in [1.29, 1.82) is 0 Å². The molecule has 1 heterocycles. The van der Waals surface area contributed by atoms with Crippen LogP contribution in [-0.4, -0.2) is 35.0 Å². The van der Waals surface area contributed by atoms with Gasteiger partial charge in [-0.1, -0.05) is 12.5 Å². The lowest BCUT2D eigenvalue weighted by Gasteiger charge is -2.45. The summed E-state index contributed by atoms with van der Waals surface area (Å²) in [6.45, 7) is 0. The average molecular weight is 441 g/mol. The fourth-order valence-electron chi connectivity index (χ4n) is 3.87. The Hall–Kier alpha value is -2.57. The number of rotatable bonds is 2. The van der Waals surface area contributed by atoms with E-state index in [9.17, 15) is 35.8 Å². The first-order chi connectivity index (χ1) is 13.7. The predicted octanol–water partition coefficient (Wildman–Crippen LogP) is 3.25. The Labute approximate surface area is 166 Å². The number of alkyl halides is 6. The van der Waals surface area contributed by atoms with Gasteiger partial charge in [-0.25, -0.2) is 9.38 Å². The maximum absolute atomic E-state index is 14.9. The summed E-state index contributed by atoms with van der Waals surface area (Å²) < 4.78 is 93.4. The molecule has 5 N–H and O–H groups in total. The highest BCUT2D eigenvalue weighted by Gasteiger charge is 2.71. The van der Waals surface area contributed by atoms with Crippen LogP contribution in [0, 0.1) is 5.82 Å². The average Bonchev–Trinajstić information content (AvgIpc) is 2.60. The Morgan fingerprint density at radius 3 is 2.03 bits per heavy atom. The molecule has 0 unspecified atom stereocenters. The zero-order valence-electron chi connectivity index (χ0n) is 15.4. The maximum atomic E-state index is 14.9. The minimum atomic E-state index is -6.13. The van der Waals surface area contributed by atoms with E-state index in [-0.39, 0.29) is 18.0 Å². The zero-order chi connectivity index (χ0) is 22.5. The number of hydrogen-bond acceptors (Lipinski definition) is 6. The van der Waals surface area contributed by atoms with Crippen molar-refractivity contribution in [3.8, 4) is 0 Å². The van der Waals surface area contributed by atoms with Gasteiger partial charge in [0.1, 0.15) is 11.5 Å². The maximum Gasteiger partial charge on any atom is 0.430 e. The van der Waals surface area contributed by atoms with Crippen LogP contribution < -0.4 is 16.4 Å². The molecule has 6 nitrogen and oxygen atoms in total. The Balaban J connectivity index is 2.12. The topological polar surface area (TPSA) is 100 Å². The van der Waals surface area contributed by atoms with Crippen molar-refractivity contribution in [1.82, 2.24) is 0 Å². The van der Waals surface area contributed by atoms with Crippen LogP contribution >= 0.6 is 0 Å². The summed E-state index contributed by atoms with van der Waals surface area (Å²) in [6.07, 6.45) is -9.32. The van der Waals surface area contributed by atoms with Crippen LogP contribution in [0.5, 0.6) is 0 Å². The number of aliphatic imine (C=N–C) groups is 2. The molecule has 0 atom stereocenters. The molecule has 1 aromatic carbocycles. The van der Waals surface area contributed by atoms with Crippen molar-refractivity contribution in [3.63, 3.8) is 0 Å². The third-order valence-electron chi connectivity index (χ3n) is 5.28. The van der Waals surface area contributed by atoms with E-state index in [1.54, 1.807) is 0 Å². The van der Waals surface area contributed by atoms with Crippen LogP contribution in [0.4, 0.5) is 36.4 Å². The van der Waals surface area contributed by atoms with Gasteiger partial charge in [-0.05, 0) is 37.8 Å². The summed E-state index contributed by atoms with van der Waals surface area (Å²) in [5.74, 6) is -1.91. The third kappa shape index (κ3) is 3.34. The fraction of sp³-hybridized carbons (Fsp3) is 0.529. The van der Waals surface area contributed by atoms with Crippen LogP contribution in [-0.2, 0) is 5.60 Å². The molecule has 0 radical (unpaired) electrons.